The minimum Gasteiger partial charge on any atom is -0.489 e. The Balaban J connectivity index is 1.41. The molecule has 0 bridgehead atoms. The predicted molar refractivity (Wildman–Crippen MR) is 140 cm³/mol. The number of ether oxygens (including phenoxy) is 1. The summed E-state index contributed by atoms with van der Waals surface area (Å²) in [5.74, 6) is 1.04. The van der Waals surface area contributed by atoms with Gasteiger partial charge in [-0.25, -0.2) is 4.68 Å². The molecule has 0 aliphatic carbocycles. The number of benzene rings is 3. The molecule has 1 aliphatic rings. The minimum absolute atomic E-state index is 0.183. The van der Waals surface area contributed by atoms with Gasteiger partial charge in [-0.05, 0) is 47.9 Å². The number of carbonyl (C=O) groups is 1. The third-order valence-electron chi connectivity index (χ3n) is 5.90. The van der Waals surface area contributed by atoms with Crippen LogP contribution in [0.25, 0.3) is 0 Å². The van der Waals surface area contributed by atoms with E-state index in [0.29, 0.717) is 46.2 Å². The minimum atomic E-state index is -0.479. The van der Waals surface area contributed by atoms with Crippen LogP contribution in [0.1, 0.15) is 29.7 Å². The summed E-state index contributed by atoms with van der Waals surface area (Å²) in [7, 11) is 0. The molecule has 3 aromatic carbocycles. The molecular weight excluding hydrogens is 497 g/mol. The van der Waals surface area contributed by atoms with Gasteiger partial charge >= 0.3 is 0 Å². The Bertz CT molecular complexity index is 1440. The number of hydrogen-bond acceptors (Lipinski definition) is 5. The van der Waals surface area contributed by atoms with E-state index in [9.17, 15) is 4.79 Å². The molecular formula is C27H23Cl2N5O2. The first-order valence-electron chi connectivity index (χ1n) is 11.4. The van der Waals surface area contributed by atoms with Crippen LogP contribution in [0.3, 0.4) is 0 Å². The average molecular weight is 520 g/mol. The summed E-state index contributed by atoms with van der Waals surface area (Å²) < 4.78 is 7.75. The summed E-state index contributed by atoms with van der Waals surface area (Å²) in [5, 5.41) is 11.6. The first kappa shape index (κ1) is 23.9. The first-order chi connectivity index (χ1) is 17.5. The van der Waals surface area contributed by atoms with Crippen molar-refractivity contribution in [1.82, 2.24) is 20.1 Å². The second kappa shape index (κ2) is 10.4. The number of fused-ring (bicyclic) bond motifs is 1. The Morgan fingerprint density at radius 2 is 1.86 bits per heavy atom. The predicted octanol–water partition coefficient (Wildman–Crippen LogP) is 5.77. The smallest absolute Gasteiger partial charge is 0.251 e. The molecule has 0 saturated carbocycles. The Hall–Kier alpha value is -3.81. The number of aromatic nitrogens is 3. The van der Waals surface area contributed by atoms with Gasteiger partial charge in [0.25, 0.3) is 5.91 Å². The number of nitrogens with one attached hydrogen (secondary N) is 2. The van der Waals surface area contributed by atoms with Crippen molar-refractivity contribution >= 4 is 35.1 Å². The lowest BCUT2D eigenvalue weighted by Crippen LogP contribution is -2.34. The molecule has 5 rings (SSSR count). The zero-order valence-corrected chi connectivity index (χ0v) is 20.9. The van der Waals surface area contributed by atoms with Crippen molar-refractivity contribution in [2.75, 3.05) is 5.32 Å². The number of amides is 1. The third kappa shape index (κ3) is 5.08. The summed E-state index contributed by atoms with van der Waals surface area (Å²) >= 11 is 12.1. The molecule has 1 amide bonds. The highest BCUT2D eigenvalue weighted by molar-refractivity contribution is 6.42. The Labute approximate surface area is 218 Å². The molecule has 0 fully saturated rings. The Kier molecular flexibility index (Phi) is 6.93. The van der Waals surface area contributed by atoms with Crippen molar-refractivity contribution in [3.8, 4) is 5.75 Å². The third-order valence-corrected chi connectivity index (χ3v) is 6.64. The Morgan fingerprint density at radius 1 is 1.03 bits per heavy atom. The van der Waals surface area contributed by atoms with Crippen molar-refractivity contribution in [2.45, 2.75) is 26.1 Å². The average Bonchev–Trinajstić information content (AvgIpc) is 3.36. The molecule has 4 aromatic rings. The first-order valence-corrected chi connectivity index (χ1v) is 12.1. The zero-order valence-electron chi connectivity index (χ0n) is 19.4. The van der Waals surface area contributed by atoms with Crippen LogP contribution in [0.4, 0.5) is 5.95 Å². The molecule has 0 radical (unpaired) electrons. The summed E-state index contributed by atoms with van der Waals surface area (Å²) in [6.07, 6.45) is 1.47. The maximum atomic E-state index is 13.4. The van der Waals surface area contributed by atoms with Gasteiger partial charge in [0.15, 0.2) is 0 Å². The Morgan fingerprint density at radius 3 is 2.67 bits per heavy atom. The SMILES string of the molecule is CC1=C(C(=O)NCc2ccccc2)[C@H](c2cccc(OCc3ccc(Cl)c(Cl)c3)c2)n2ncnc2N1. The highest BCUT2D eigenvalue weighted by Crippen LogP contribution is 2.36. The standard InChI is InChI=1S/C27H23Cl2N5O2/c1-17-24(26(35)30-14-18-6-3-2-4-7-18)25(34-27(33-17)31-16-32-34)20-8-5-9-21(13-20)36-15-19-10-11-22(28)23(29)12-19/h2-13,16,25H,14-15H2,1H3,(H,30,35)(H,31,32,33)/t25-/m0/s1. The van der Waals surface area contributed by atoms with Crippen LogP contribution in [0.2, 0.25) is 10.0 Å². The maximum absolute atomic E-state index is 13.4. The van der Waals surface area contributed by atoms with Crippen LogP contribution in [-0.4, -0.2) is 20.7 Å². The van der Waals surface area contributed by atoms with Crippen molar-refractivity contribution in [3.63, 3.8) is 0 Å². The number of halogens is 2. The van der Waals surface area contributed by atoms with Crippen LogP contribution in [0.15, 0.2) is 90.4 Å². The van der Waals surface area contributed by atoms with E-state index in [0.717, 1.165) is 16.7 Å². The quantitative estimate of drug-likeness (QED) is 0.324. The van der Waals surface area contributed by atoms with Gasteiger partial charge < -0.3 is 15.4 Å². The fraction of sp³-hybridized carbons (Fsp3) is 0.148. The molecule has 0 unspecified atom stereocenters. The zero-order chi connectivity index (χ0) is 25.1. The lowest BCUT2D eigenvalue weighted by molar-refractivity contribution is -0.118. The molecule has 1 atom stereocenters. The van der Waals surface area contributed by atoms with E-state index in [1.807, 2.05) is 67.6 Å². The van der Waals surface area contributed by atoms with E-state index in [2.05, 4.69) is 20.7 Å². The van der Waals surface area contributed by atoms with E-state index < -0.39 is 6.04 Å². The van der Waals surface area contributed by atoms with E-state index in [4.69, 9.17) is 27.9 Å². The van der Waals surface area contributed by atoms with Gasteiger partial charge in [-0.3, -0.25) is 4.79 Å². The van der Waals surface area contributed by atoms with Crippen LogP contribution in [0, 0.1) is 0 Å². The molecule has 0 spiro atoms. The monoisotopic (exact) mass is 519 g/mol. The van der Waals surface area contributed by atoms with Gasteiger partial charge in [-0.15, -0.1) is 0 Å². The summed E-state index contributed by atoms with van der Waals surface area (Å²) in [6.45, 7) is 2.61. The van der Waals surface area contributed by atoms with Gasteiger partial charge in [-0.2, -0.15) is 10.1 Å². The highest BCUT2D eigenvalue weighted by atomic mass is 35.5. The van der Waals surface area contributed by atoms with Crippen molar-refractivity contribution < 1.29 is 9.53 Å². The number of rotatable bonds is 7. The summed E-state index contributed by atoms with van der Waals surface area (Å²) in [6, 6.07) is 22.3. The number of nitrogens with zero attached hydrogens (tertiary/aromatic N) is 3. The van der Waals surface area contributed by atoms with E-state index in [1.54, 1.807) is 16.8 Å². The molecule has 2 N–H and O–H groups in total. The molecule has 1 aromatic heterocycles. The largest absolute Gasteiger partial charge is 0.489 e. The van der Waals surface area contributed by atoms with Crippen LogP contribution in [-0.2, 0) is 17.9 Å². The van der Waals surface area contributed by atoms with E-state index in [-0.39, 0.29) is 5.91 Å². The highest BCUT2D eigenvalue weighted by Gasteiger charge is 2.33. The van der Waals surface area contributed by atoms with E-state index in [1.165, 1.54) is 6.33 Å². The maximum Gasteiger partial charge on any atom is 0.251 e. The van der Waals surface area contributed by atoms with Crippen molar-refractivity contribution in [1.29, 1.82) is 0 Å². The van der Waals surface area contributed by atoms with E-state index >= 15 is 0 Å². The van der Waals surface area contributed by atoms with Crippen LogP contribution in [0.5, 0.6) is 5.75 Å². The second-order valence-corrected chi connectivity index (χ2v) is 9.19. The van der Waals surface area contributed by atoms with Crippen LogP contribution < -0.4 is 15.4 Å². The number of hydrogen-bond donors (Lipinski definition) is 2. The lowest BCUT2D eigenvalue weighted by atomic mass is 9.95. The van der Waals surface area contributed by atoms with Gasteiger partial charge in [-0.1, -0.05) is 71.7 Å². The molecule has 0 saturated heterocycles. The van der Waals surface area contributed by atoms with Crippen molar-refractivity contribution in [2.24, 2.45) is 0 Å². The van der Waals surface area contributed by atoms with Crippen LogP contribution >= 0.6 is 23.2 Å². The summed E-state index contributed by atoms with van der Waals surface area (Å²) in [5.41, 5.74) is 4.04. The fourth-order valence-electron chi connectivity index (χ4n) is 4.14. The summed E-state index contributed by atoms with van der Waals surface area (Å²) in [4.78, 5) is 17.7. The van der Waals surface area contributed by atoms with Gasteiger partial charge in [0.1, 0.15) is 24.7 Å². The normalized spacial score (nSPS) is 14.7. The van der Waals surface area contributed by atoms with Crippen molar-refractivity contribution in [3.05, 3.63) is 117 Å². The topological polar surface area (TPSA) is 81.1 Å². The molecule has 7 nitrogen and oxygen atoms in total. The van der Waals surface area contributed by atoms with Gasteiger partial charge in [0.2, 0.25) is 5.95 Å². The lowest BCUT2D eigenvalue weighted by Gasteiger charge is -2.29. The number of allylic oxidation sites excluding steroid dienone is 1. The molecule has 9 heteroatoms. The van der Waals surface area contributed by atoms with Gasteiger partial charge in [0, 0.05) is 12.2 Å². The number of carbonyl (C=O) groups excluding carboxylic acids is 1. The second-order valence-electron chi connectivity index (χ2n) is 8.37. The molecule has 36 heavy (non-hydrogen) atoms. The number of anilines is 1. The van der Waals surface area contributed by atoms with Gasteiger partial charge in [0.05, 0.1) is 15.6 Å². The fourth-order valence-corrected chi connectivity index (χ4v) is 4.46. The molecule has 182 valence electrons. The molecule has 2 heterocycles. The molecule has 1 aliphatic heterocycles.